The number of nitrogens with zero attached hydrogens (tertiary/aromatic N) is 2. The van der Waals surface area contributed by atoms with Gasteiger partial charge in [0.1, 0.15) is 6.54 Å². The highest BCUT2D eigenvalue weighted by Crippen LogP contribution is 2.12. The molecule has 0 bridgehead atoms. The molecule has 1 heterocycles. The van der Waals surface area contributed by atoms with Crippen LogP contribution >= 0.6 is 0 Å². The summed E-state index contributed by atoms with van der Waals surface area (Å²) in [7, 11) is 1.80. The van der Waals surface area contributed by atoms with Crippen LogP contribution in [0.5, 0.6) is 0 Å². The van der Waals surface area contributed by atoms with Crippen molar-refractivity contribution in [2.75, 3.05) is 13.1 Å². The van der Waals surface area contributed by atoms with Crippen molar-refractivity contribution in [2.24, 2.45) is 7.05 Å². The van der Waals surface area contributed by atoms with E-state index in [4.69, 9.17) is 0 Å². The lowest BCUT2D eigenvalue weighted by Crippen LogP contribution is -2.45. The van der Waals surface area contributed by atoms with E-state index in [1.54, 1.807) is 17.9 Å². The van der Waals surface area contributed by atoms with Crippen LogP contribution in [0.15, 0.2) is 12.4 Å². The molecule has 2 N–H and O–H groups in total. The molecule has 1 unspecified atom stereocenters. The van der Waals surface area contributed by atoms with Gasteiger partial charge in [-0.2, -0.15) is 18.3 Å². The molecule has 1 rings (SSSR count). The number of carbonyl (C=O) groups excluding carboxylic acids is 1. The molecule has 0 aliphatic carbocycles. The zero-order valence-corrected chi connectivity index (χ0v) is 10.8. The number of alkyl halides is 3. The van der Waals surface area contributed by atoms with E-state index in [2.05, 4.69) is 10.4 Å². The maximum absolute atomic E-state index is 11.9. The fourth-order valence-corrected chi connectivity index (χ4v) is 1.47. The van der Waals surface area contributed by atoms with Crippen molar-refractivity contribution >= 4 is 5.91 Å². The van der Waals surface area contributed by atoms with Gasteiger partial charge in [-0.25, -0.2) is 0 Å². The third-order valence-electron chi connectivity index (χ3n) is 2.48. The smallest absolute Gasteiger partial charge is 0.346 e. The van der Waals surface area contributed by atoms with Crippen molar-refractivity contribution in [3.8, 4) is 0 Å². The largest absolute Gasteiger partial charge is 0.405 e. The maximum Gasteiger partial charge on any atom is 0.405 e. The summed E-state index contributed by atoms with van der Waals surface area (Å²) in [6.45, 7) is 0.710. The normalized spacial score (nSPS) is 13.3. The third-order valence-corrected chi connectivity index (χ3v) is 2.48. The number of aryl methyl sites for hydroxylation is 1. The fraction of sp³-hybridized carbons (Fsp3) is 0.636. The van der Waals surface area contributed by atoms with Gasteiger partial charge >= 0.3 is 6.18 Å². The maximum atomic E-state index is 11.9. The minimum Gasteiger partial charge on any atom is -0.346 e. The zero-order valence-electron chi connectivity index (χ0n) is 10.8. The van der Waals surface area contributed by atoms with E-state index in [1.165, 1.54) is 6.92 Å². The summed E-state index contributed by atoms with van der Waals surface area (Å²) in [6, 6.07) is -0.668. The third kappa shape index (κ3) is 6.23. The molecule has 1 aromatic rings. The summed E-state index contributed by atoms with van der Waals surface area (Å²) >= 11 is 0. The highest BCUT2D eigenvalue weighted by atomic mass is 19.4. The molecule has 108 valence electrons. The minimum absolute atomic E-state index is 0.492. The van der Waals surface area contributed by atoms with Crippen molar-refractivity contribution < 1.29 is 18.0 Å². The number of nitrogens with one attached hydrogen (secondary N) is 2. The number of aromatic nitrogens is 2. The predicted octanol–water partition coefficient (Wildman–Crippen LogP) is 0.619. The average Bonchev–Trinajstić information content (AvgIpc) is 2.71. The second kappa shape index (κ2) is 6.55. The van der Waals surface area contributed by atoms with Crippen LogP contribution in [-0.2, 0) is 18.3 Å². The fourth-order valence-electron chi connectivity index (χ4n) is 1.47. The van der Waals surface area contributed by atoms with E-state index in [0.717, 1.165) is 5.56 Å². The predicted molar refractivity (Wildman–Crippen MR) is 63.4 cm³/mol. The van der Waals surface area contributed by atoms with Crippen LogP contribution in [-0.4, -0.2) is 41.0 Å². The van der Waals surface area contributed by atoms with Crippen LogP contribution in [0.3, 0.4) is 0 Å². The molecular formula is C11H17F3N4O. The molecule has 5 nitrogen and oxygen atoms in total. The van der Waals surface area contributed by atoms with Gasteiger partial charge in [0.2, 0.25) is 5.91 Å². The van der Waals surface area contributed by atoms with E-state index < -0.39 is 24.7 Å². The lowest BCUT2D eigenvalue weighted by atomic mass is 10.2. The number of hydrogen-bond donors (Lipinski definition) is 2. The summed E-state index contributed by atoms with van der Waals surface area (Å²) in [4.78, 5) is 11.3. The summed E-state index contributed by atoms with van der Waals surface area (Å²) in [5.74, 6) is -0.663. The molecule has 19 heavy (non-hydrogen) atoms. The zero-order chi connectivity index (χ0) is 14.5. The number of halogens is 3. The molecular weight excluding hydrogens is 261 g/mol. The molecule has 0 fully saturated rings. The standard InChI is InChI=1S/C11H17F3N4O/c1-8(10(19)16-7-11(12,13)14)15-4-3-9-5-17-18(2)6-9/h5-6,8,15H,3-4,7H2,1-2H3,(H,16,19). The van der Waals surface area contributed by atoms with Crippen molar-refractivity contribution in [1.82, 2.24) is 20.4 Å². The Morgan fingerprint density at radius 2 is 2.21 bits per heavy atom. The van der Waals surface area contributed by atoms with Gasteiger partial charge in [-0.3, -0.25) is 9.48 Å². The first kappa shape index (κ1) is 15.5. The summed E-state index contributed by atoms with van der Waals surface area (Å²) < 4.78 is 37.4. The SMILES string of the molecule is CC(NCCc1cnn(C)c1)C(=O)NCC(F)(F)F. The molecule has 1 aromatic heterocycles. The second-order valence-electron chi connectivity index (χ2n) is 4.28. The number of carbonyl (C=O) groups is 1. The van der Waals surface area contributed by atoms with Gasteiger partial charge in [-0.05, 0) is 18.9 Å². The van der Waals surface area contributed by atoms with E-state index >= 15 is 0 Å². The summed E-state index contributed by atoms with van der Waals surface area (Å²) in [6.07, 6.45) is -0.179. The van der Waals surface area contributed by atoms with Gasteiger partial charge in [0, 0.05) is 19.8 Å². The molecule has 0 spiro atoms. The molecule has 0 aliphatic heterocycles. The highest BCUT2D eigenvalue weighted by Gasteiger charge is 2.28. The summed E-state index contributed by atoms with van der Waals surface area (Å²) in [5.41, 5.74) is 0.998. The monoisotopic (exact) mass is 278 g/mol. The Bertz CT molecular complexity index is 416. The molecule has 0 radical (unpaired) electrons. The Kier molecular flexibility index (Phi) is 5.34. The second-order valence-corrected chi connectivity index (χ2v) is 4.28. The van der Waals surface area contributed by atoms with Crippen molar-refractivity contribution in [3.63, 3.8) is 0 Å². The Morgan fingerprint density at radius 3 is 2.74 bits per heavy atom. The first-order chi connectivity index (χ1) is 8.78. The minimum atomic E-state index is -4.38. The number of amides is 1. The van der Waals surface area contributed by atoms with E-state index in [-0.39, 0.29) is 0 Å². The Hall–Kier alpha value is -1.57. The van der Waals surface area contributed by atoms with E-state index in [0.29, 0.717) is 13.0 Å². The van der Waals surface area contributed by atoms with Gasteiger partial charge in [-0.15, -0.1) is 0 Å². The van der Waals surface area contributed by atoms with Gasteiger partial charge in [0.05, 0.1) is 12.2 Å². The van der Waals surface area contributed by atoms with Crippen LogP contribution in [0.4, 0.5) is 13.2 Å². The lowest BCUT2D eigenvalue weighted by molar-refractivity contribution is -0.139. The van der Waals surface area contributed by atoms with Crippen LogP contribution in [0, 0.1) is 0 Å². The van der Waals surface area contributed by atoms with Gasteiger partial charge in [-0.1, -0.05) is 0 Å². The van der Waals surface area contributed by atoms with E-state index in [1.807, 2.05) is 11.5 Å². The van der Waals surface area contributed by atoms with E-state index in [9.17, 15) is 18.0 Å². The van der Waals surface area contributed by atoms with Crippen LogP contribution in [0.25, 0.3) is 0 Å². The molecule has 0 aliphatic rings. The Labute approximate surface area is 109 Å². The van der Waals surface area contributed by atoms with Gasteiger partial charge in [0.25, 0.3) is 0 Å². The first-order valence-corrected chi connectivity index (χ1v) is 5.83. The van der Waals surface area contributed by atoms with Crippen LogP contribution in [0.1, 0.15) is 12.5 Å². The Morgan fingerprint density at radius 1 is 1.53 bits per heavy atom. The topological polar surface area (TPSA) is 59.0 Å². The van der Waals surface area contributed by atoms with Crippen molar-refractivity contribution in [2.45, 2.75) is 25.6 Å². The molecule has 0 aromatic carbocycles. The van der Waals surface area contributed by atoms with Crippen molar-refractivity contribution in [1.29, 1.82) is 0 Å². The Balaban J connectivity index is 2.23. The summed E-state index contributed by atoms with van der Waals surface area (Å²) in [5, 5.41) is 8.68. The molecule has 8 heteroatoms. The quantitative estimate of drug-likeness (QED) is 0.802. The average molecular weight is 278 g/mol. The van der Waals surface area contributed by atoms with Gasteiger partial charge in [0.15, 0.2) is 0 Å². The van der Waals surface area contributed by atoms with Crippen molar-refractivity contribution in [3.05, 3.63) is 18.0 Å². The number of hydrogen-bond acceptors (Lipinski definition) is 3. The van der Waals surface area contributed by atoms with Crippen LogP contribution < -0.4 is 10.6 Å². The highest BCUT2D eigenvalue weighted by molar-refractivity contribution is 5.81. The lowest BCUT2D eigenvalue weighted by Gasteiger charge is -2.14. The molecule has 1 atom stereocenters. The number of rotatable bonds is 6. The molecule has 0 saturated carbocycles. The first-order valence-electron chi connectivity index (χ1n) is 5.83. The molecule has 1 amide bonds. The molecule has 0 saturated heterocycles. The van der Waals surface area contributed by atoms with Crippen LogP contribution in [0.2, 0.25) is 0 Å². The van der Waals surface area contributed by atoms with Gasteiger partial charge < -0.3 is 10.6 Å².